The van der Waals surface area contributed by atoms with Crippen molar-refractivity contribution >= 4 is 23.3 Å². The number of nitrogens with zero attached hydrogens (tertiary/aromatic N) is 1. The maximum absolute atomic E-state index is 13.1. The van der Waals surface area contributed by atoms with Gasteiger partial charge in [-0.1, -0.05) is 67.9 Å². The molecule has 3 aromatic carbocycles. The number of carboxylic acids is 1. The van der Waals surface area contributed by atoms with E-state index in [-0.39, 0.29) is 11.5 Å². The fourth-order valence-corrected chi connectivity index (χ4v) is 10.1. The van der Waals surface area contributed by atoms with Crippen LogP contribution >= 0.6 is 11.6 Å². The third kappa shape index (κ3) is 9.21. The van der Waals surface area contributed by atoms with E-state index in [1.165, 1.54) is 40.8 Å². The Morgan fingerprint density at radius 3 is 2.61 bits per heavy atom. The number of unbranched alkanes of at least 4 members (excludes halogenated alkanes) is 1. The van der Waals surface area contributed by atoms with Gasteiger partial charge in [0, 0.05) is 34.7 Å². The van der Waals surface area contributed by atoms with Crippen LogP contribution in [0.15, 0.2) is 85.1 Å². The third-order valence-corrected chi connectivity index (χ3v) is 13.2. The van der Waals surface area contributed by atoms with Crippen molar-refractivity contribution in [3.8, 4) is 11.5 Å². The number of anilines is 1. The van der Waals surface area contributed by atoms with Gasteiger partial charge < -0.3 is 25.2 Å². The normalized spacial score (nSPS) is 23.9. The summed E-state index contributed by atoms with van der Waals surface area (Å²) in [5, 5.41) is 18.3. The molecule has 1 unspecified atom stereocenters. The maximum Gasteiger partial charge on any atom is 0.329 e. The van der Waals surface area contributed by atoms with Crippen LogP contribution in [0.5, 0.6) is 11.5 Å². The summed E-state index contributed by atoms with van der Waals surface area (Å²) in [7, 11) is 0. The number of rotatable bonds is 17. The van der Waals surface area contributed by atoms with Crippen LogP contribution in [0.3, 0.4) is 0 Å². The predicted molar refractivity (Wildman–Crippen MR) is 226 cm³/mol. The van der Waals surface area contributed by atoms with E-state index >= 15 is 0 Å². The number of aliphatic carboxylic acids is 1. The van der Waals surface area contributed by atoms with Gasteiger partial charge >= 0.3 is 5.97 Å². The fourth-order valence-electron chi connectivity index (χ4n) is 9.95. The highest BCUT2D eigenvalue weighted by molar-refractivity contribution is 6.30. The van der Waals surface area contributed by atoms with Crippen molar-refractivity contribution in [3.63, 3.8) is 0 Å². The lowest BCUT2D eigenvalue weighted by Crippen LogP contribution is -2.53. The highest BCUT2D eigenvalue weighted by Gasteiger charge is 2.54. The maximum atomic E-state index is 13.1. The molecule has 1 spiro atoms. The first-order valence-electron chi connectivity index (χ1n) is 21.1. The van der Waals surface area contributed by atoms with Crippen molar-refractivity contribution in [2.75, 3.05) is 25.0 Å². The fraction of sp³-hybridized carbons (Fsp3) is 0.500. The zero-order valence-corrected chi connectivity index (χ0v) is 34.3. The van der Waals surface area contributed by atoms with Crippen molar-refractivity contribution in [3.05, 3.63) is 118 Å². The topological polar surface area (TPSA) is 92.7 Å². The molecule has 3 N–H and O–H groups in total. The quantitative estimate of drug-likeness (QED) is 0.0920. The van der Waals surface area contributed by atoms with E-state index < -0.39 is 11.5 Å². The van der Waals surface area contributed by atoms with Crippen LogP contribution in [-0.2, 0) is 29.5 Å². The number of pyridine rings is 1. The molecule has 8 heteroatoms. The van der Waals surface area contributed by atoms with Crippen LogP contribution in [0.1, 0.15) is 112 Å². The average molecular weight is 778 g/mol. The van der Waals surface area contributed by atoms with Crippen molar-refractivity contribution in [1.29, 1.82) is 0 Å². The Kier molecular flexibility index (Phi) is 12.9. The summed E-state index contributed by atoms with van der Waals surface area (Å²) in [5.74, 6) is 2.22. The number of hydrogen-bond acceptors (Lipinski definition) is 6. The molecule has 298 valence electrons. The number of aryl methyl sites for hydroxylation is 2. The molecule has 7 rings (SSSR count). The van der Waals surface area contributed by atoms with E-state index in [9.17, 15) is 9.90 Å². The van der Waals surface area contributed by atoms with Gasteiger partial charge in [-0.25, -0.2) is 4.79 Å². The van der Waals surface area contributed by atoms with Crippen LogP contribution in [0.2, 0.25) is 5.02 Å². The molecule has 4 aromatic rings. The lowest BCUT2D eigenvalue weighted by atomic mass is 9.59. The minimum Gasteiger partial charge on any atom is -0.493 e. The molecule has 3 aliphatic rings. The minimum atomic E-state index is -1.06. The second kappa shape index (κ2) is 18.0. The second-order valence-corrected chi connectivity index (χ2v) is 17.5. The van der Waals surface area contributed by atoms with Crippen LogP contribution in [0.4, 0.5) is 5.69 Å². The third-order valence-electron chi connectivity index (χ3n) is 12.9. The van der Waals surface area contributed by atoms with Crippen molar-refractivity contribution in [2.24, 2.45) is 11.8 Å². The Bertz CT molecular complexity index is 1930. The molecule has 56 heavy (non-hydrogen) atoms. The largest absolute Gasteiger partial charge is 0.493 e. The minimum absolute atomic E-state index is 0.0158. The van der Waals surface area contributed by atoms with Gasteiger partial charge in [-0.15, -0.1) is 0 Å². The van der Waals surface area contributed by atoms with E-state index in [0.717, 1.165) is 81.6 Å². The lowest BCUT2D eigenvalue weighted by molar-refractivity contribution is -0.144. The van der Waals surface area contributed by atoms with E-state index in [1.807, 2.05) is 36.5 Å². The molecule has 3 aliphatic carbocycles. The first kappa shape index (κ1) is 40.1. The summed E-state index contributed by atoms with van der Waals surface area (Å²) < 4.78 is 13.2. The number of nitrogens with one attached hydrogen (secondary N) is 2. The Balaban J connectivity index is 1.04. The molecule has 0 bridgehead atoms. The van der Waals surface area contributed by atoms with Crippen molar-refractivity contribution < 1.29 is 19.4 Å². The number of halogens is 1. The Labute approximate surface area is 339 Å². The average Bonchev–Trinajstić information content (AvgIpc) is 3.47. The molecule has 0 aliphatic heterocycles. The van der Waals surface area contributed by atoms with Gasteiger partial charge in [-0.05, 0) is 167 Å². The summed E-state index contributed by atoms with van der Waals surface area (Å²) in [6.07, 6.45) is 13.3. The van der Waals surface area contributed by atoms with E-state index in [2.05, 4.69) is 84.9 Å². The molecule has 7 nitrogen and oxygen atoms in total. The Morgan fingerprint density at radius 1 is 1.00 bits per heavy atom. The summed E-state index contributed by atoms with van der Waals surface area (Å²) in [6, 6.07) is 26.8. The lowest BCUT2D eigenvalue weighted by Gasteiger charge is -2.47. The second-order valence-electron chi connectivity index (χ2n) is 17.1. The van der Waals surface area contributed by atoms with Gasteiger partial charge in [0.2, 0.25) is 0 Å². The van der Waals surface area contributed by atoms with Crippen LogP contribution in [0.25, 0.3) is 0 Å². The zero-order valence-electron chi connectivity index (χ0n) is 33.5. The van der Waals surface area contributed by atoms with Crippen LogP contribution < -0.4 is 20.1 Å². The van der Waals surface area contributed by atoms with Gasteiger partial charge in [0.25, 0.3) is 0 Å². The molecular weight excluding hydrogens is 718 g/mol. The van der Waals surface area contributed by atoms with Gasteiger partial charge in [0.15, 0.2) is 0 Å². The molecule has 0 radical (unpaired) electrons. The van der Waals surface area contributed by atoms with Crippen LogP contribution in [-0.4, -0.2) is 47.4 Å². The Morgan fingerprint density at radius 2 is 1.82 bits per heavy atom. The highest BCUT2D eigenvalue weighted by Crippen LogP contribution is 2.57. The smallest absolute Gasteiger partial charge is 0.329 e. The molecule has 1 fully saturated rings. The molecule has 1 heterocycles. The van der Waals surface area contributed by atoms with Gasteiger partial charge in [-0.2, -0.15) is 0 Å². The standard InChI is InChI=1S/C48H60ClN3O4/c1-33(32-55-44-20-26-51-43-17-9-11-34(2)45(43)44)27-38-28-37-18-19-41(56-35(3)31-50-25-8-7-14-36-12-5-4-6-13-36)30-42(37)47(38)21-23-48(24-22-47,46(53)54)52-40-16-10-15-39(49)29-40/h4-6,10,12-13,15-16,18-20,26,29-30,33-35,38,50,52H,7-9,11,14,17,21-25,27-28,31-32H2,1-3H3,(H,53,54)/t33-,34-,35-,38?,47?,48?/m1/s1. The zero-order chi connectivity index (χ0) is 39.1. The van der Waals surface area contributed by atoms with Crippen molar-refractivity contribution in [1.82, 2.24) is 10.3 Å². The van der Waals surface area contributed by atoms with E-state index in [0.29, 0.717) is 42.2 Å². The van der Waals surface area contributed by atoms with Gasteiger partial charge in [-0.3, -0.25) is 4.98 Å². The highest BCUT2D eigenvalue weighted by atomic mass is 35.5. The van der Waals surface area contributed by atoms with Gasteiger partial charge in [0.1, 0.15) is 23.1 Å². The van der Waals surface area contributed by atoms with Crippen molar-refractivity contribution in [2.45, 2.75) is 121 Å². The van der Waals surface area contributed by atoms with Crippen LogP contribution in [0, 0.1) is 11.8 Å². The van der Waals surface area contributed by atoms with E-state index in [1.54, 1.807) is 0 Å². The van der Waals surface area contributed by atoms with Gasteiger partial charge in [0.05, 0.1) is 6.61 Å². The van der Waals surface area contributed by atoms with E-state index in [4.69, 9.17) is 21.1 Å². The molecular formula is C48H60ClN3O4. The monoisotopic (exact) mass is 777 g/mol. The molecule has 0 saturated heterocycles. The number of hydrogen-bond donors (Lipinski definition) is 3. The summed E-state index contributed by atoms with van der Waals surface area (Å²) >= 11 is 6.32. The molecule has 1 saturated carbocycles. The number of carboxylic acid groups (broad SMARTS) is 1. The molecule has 4 atom stereocenters. The number of ether oxygens (including phenoxy) is 2. The summed E-state index contributed by atoms with van der Waals surface area (Å²) in [4.78, 5) is 17.7. The number of benzene rings is 3. The summed E-state index contributed by atoms with van der Waals surface area (Å²) in [6.45, 7) is 9.13. The SMILES string of the molecule is C[C@@H](COc1ccnc2c1[C@H](C)CCC2)CC1Cc2ccc(O[C@H](C)CNCCCCc3ccccc3)cc2C12CCC(Nc1cccc(Cl)c1)(C(=O)O)CC2. The predicted octanol–water partition coefficient (Wildman–Crippen LogP) is 10.6. The number of aromatic nitrogens is 1. The first-order chi connectivity index (χ1) is 27.1. The number of carbonyl (C=O) groups is 1. The number of fused-ring (bicyclic) bond motifs is 3. The molecule has 1 aromatic heterocycles. The summed E-state index contributed by atoms with van der Waals surface area (Å²) in [5.41, 5.74) is 6.11. The Hall–Kier alpha value is -4.07. The first-order valence-corrected chi connectivity index (χ1v) is 21.4. The molecule has 0 amide bonds.